The second-order valence-corrected chi connectivity index (χ2v) is 7.36. The molecule has 0 fully saturated rings. The van der Waals surface area contributed by atoms with Gasteiger partial charge in [0.05, 0.1) is 17.1 Å². The molecule has 0 atom stereocenters. The van der Waals surface area contributed by atoms with Crippen LogP contribution in [-0.2, 0) is 4.79 Å². The van der Waals surface area contributed by atoms with E-state index in [0.29, 0.717) is 10.7 Å². The summed E-state index contributed by atoms with van der Waals surface area (Å²) in [5, 5.41) is 9.49. The van der Waals surface area contributed by atoms with Gasteiger partial charge in [-0.05, 0) is 31.2 Å². The standard InChI is InChI=1S/C18H16N4O2S2/c1-12-17(20-18(24)22-21-12)25-11-16(23)19-14-9-5-6-10-15(14)26-13-7-3-2-4-8-13/h2-10H,11H2,1H3,(H,19,23)(H,20,22,24). The highest BCUT2D eigenvalue weighted by atomic mass is 32.2. The lowest BCUT2D eigenvalue weighted by Crippen LogP contribution is -2.17. The van der Waals surface area contributed by atoms with Crippen LogP contribution in [0.3, 0.4) is 0 Å². The fourth-order valence-electron chi connectivity index (χ4n) is 2.11. The van der Waals surface area contributed by atoms with Crippen LogP contribution >= 0.6 is 23.5 Å². The molecule has 132 valence electrons. The molecule has 0 radical (unpaired) electrons. The van der Waals surface area contributed by atoms with E-state index >= 15 is 0 Å². The molecule has 0 spiro atoms. The first kappa shape index (κ1) is 18.2. The Hall–Kier alpha value is -2.58. The van der Waals surface area contributed by atoms with Crippen molar-refractivity contribution in [2.24, 2.45) is 0 Å². The van der Waals surface area contributed by atoms with Gasteiger partial charge in [0.15, 0.2) is 0 Å². The van der Waals surface area contributed by atoms with Crippen molar-refractivity contribution in [2.75, 3.05) is 11.1 Å². The minimum atomic E-state index is -0.525. The molecule has 3 rings (SSSR count). The van der Waals surface area contributed by atoms with Crippen molar-refractivity contribution in [1.29, 1.82) is 0 Å². The van der Waals surface area contributed by atoms with Crippen LogP contribution in [0.5, 0.6) is 0 Å². The van der Waals surface area contributed by atoms with Gasteiger partial charge in [-0.3, -0.25) is 4.79 Å². The normalized spacial score (nSPS) is 10.5. The zero-order valence-corrected chi connectivity index (χ0v) is 15.6. The molecule has 6 nitrogen and oxygen atoms in total. The lowest BCUT2D eigenvalue weighted by molar-refractivity contribution is -0.113. The van der Waals surface area contributed by atoms with Crippen molar-refractivity contribution in [2.45, 2.75) is 21.7 Å². The Morgan fingerprint density at radius 1 is 1.12 bits per heavy atom. The first-order valence-electron chi connectivity index (χ1n) is 7.80. The highest BCUT2D eigenvalue weighted by Crippen LogP contribution is 2.33. The summed E-state index contributed by atoms with van der Waals surface area (Å²) in [4.78, 5) is 29.4. The first-order valence-corrected chi connectivity index (χ1v) is 9.60. The topological polar surface area (TPSA) is 87.7 Å². The molecular formula is C18H16N4O2S2. The van der Waals surface area contributed by atoms with Crippen LogP contribution in [0.15, 0.2) is 74.2 Å². The zero-order valence-electron chi connectivity index (χ0n) is 13.9. The summed E-state index contributed by atoms with van der Waals surface area (Å²) >= 11 is 2.77. The lowest BCUT2D eigenvalue weighted by atomic mass is 10.3. The van der Waals surface area contributed by atoms with Crippen LogP contribution in [0.1, 0.15) is 5.69 Å². The van der Waals surface area contributed by atoms with Crippen LogP contribution < -0.4 is 11.0 Å². The van der Waals surface area contributed by atoms with Gasteiger partial charge in [0.1, 0.15) is 5.03 Å². The van der Waals surface area contributed by atoms with E-state index in [1.807, 2.05) is 54.6 Å². The van der Waals surface area contributed by atoms with Gasteiger partial charge in [0.2, 0.25) is 5.91 Å². The zero-order chi connectivity index (χ0) is 18.4. The third-order valence-corrected chi connectivity index (χ3v) is 5.45. The van der Waals surface area contributed by atoms with Crippen LogP contribution in [0.4, 0.5) is 5.69 Å². The SMILES string of the molecule is Cc1n[nH]c(=O)nc1SCC(=O)Nc1ccccc1Sc1ccccc1. The summed E-state index contributed by atoms with van der Waals surface area (Å²) in [6.07, 6.45) is 0. The average Bonchev–Trinajstić information content (AvgIpc) is 2.65. The summed E-state index contributed by atoms with van der Waals surface area (Å²) < 4.78 is 0. The molecule has 8 heteroatoms. The van der Waals surface area contributed by atoms with Gasteiger partial charge >= 0.3 is 5.69 Å². The number of aromatic amines is 1. The molecule has 0 saturated carbocycles. The first-order chi connectivity index (χ1) is 12.6. The number of anilines is 1. The maximum atomic E-state index is 12.3. The number of carbonyl (C=O) groups excluding carboxylic acids is 1. The Bertz CT molecular complexity index is 961. The average molecular weight is 384 g/mol. The molecule has 0 aliphatic heterocycles. The Morgan fingerprint density at radius 2 is 1.85 bits per heavy atom. The number of hydrogen-bond donors (Lipinski definition) is 2. The number of benzene rings is 2. The number of aromatic nitrogens is 3. The van der Waals surface area contributed by atoms with Gasteiger partial charge < -0.3 is 5.32 Å². The van der Waals surface area contributed by atoms with Crippen LogP contribution in [0.2, 0.25) is 0 Å². The minimum absolute atomic E-state index is 0.142. The van der Waals surface area contributed by atoms with Crippen molar-refractivity contribution < 1.29 is 4.79 Å². The van der Waals surface area contributed by atoms with Crippen molar-refractivity contribution in [3.8, 4) is 0 Å². The maximum Gasteiger partial charge on any atom is 0.362 e. The lowest BCUT2D eigenvalue weighted by Gasteiger charge is -2.10. The number of amides is 1. The number of nitrogens with zero attached hydrogens (tertiary/aromatic N) is 2. The van der Waals surface area contributed by atoms with E-state index in [9.17, 15) is 9.59 Å². The summed E-state index contributed by atoms with van der Waals surface area (Å²) in [6, 6.07) is 17.6. The van der Waals surface area contributed by atoms with Crippen molar-refractivity contribution >= 4 is 35.1 Å². The van der Waals surface area contributed by atoms with Gasteiger partial charge in [-0.1, -0.05) is 53.9 Å². The molecule has 3 aromatic rings. The van der Waals surface area contributed by atoms with E-state index in [1.54, 1.807) is 18.7 Å². The third kappa shape index (κ3) is 4.96. The number of rotatable bonds is 6. The van der Waals surface area contributed by atoms with Gasteiger partial charge in [-0.2, -0.15) is 10.1 Å². The van der Waals surface area contributed by atoms with Gasteiger partial charge in [0.25, 0.3) is 0 Å². The van der Waals surface area contributed by atoms with Crippen LogP contribution in [-0.4, -0.2) is 26.8 Å². The van der Waals surface area contributed by atoms with E-state index in [-0.39, 0.29) is 11.7 Å². The molecule has 0 bridgehead atoms. The summed E-state index contributed by atoms with van der Waals surface area (Å²) in [6.45, 7) is 1.73. The van der Waals surface area contributed by atoms with Gasteiger partial charge in [-0.15, -0.1) is 0 Å². The number of nitrogens with one attached hydrogen (secondary N) is 2. The van der Waals surface area contributed by atoms with E-state index in [4.69, 9.17) is 0 Å². The molecule has 0 aliphatic carbocycles. The monoisotopic (exact) mass is 384 g/mol. The maximum absolute atomic E-state index is 12.3. The van der Waals surface area contributed by atoms with Gasteiger partial charge in [-0.25, -0.2) is 9.89 Å². The molecule has 0 unspecified atom stereocenters. The number of carbonyl (C=O) groups is 1. The van der Waals surface area contributed by atoms with E-state index in [2.05, 4.69) is 20.5 Å². The van der Waals surface area contributed by atoms with Crippen molar-refractivity contribution in [3.05, 3.63) is 70.8 Å². The van der Waals surface area contributed by atoms with Crippen molar-refractivity contribution in [1.82, 2.24) is 15.2 Å². The molecule has 2 aromatic carbocycles. The molecular weight excluding hydrogens is 368 g/mol. The molecule has 26 heavy (non-hydrogen) atoms. The predicted molar refractivity (Wildman–Crippen MR) is 104 cm³/mol. The fourth-order valence-corrected chi connectivity index (χ4v) is 3.77. The summed E-state index contributed by atoms with van der Waals surface area (Å²) in [5.74, 6) is -0.0267. The second kappa shape index (κ2) is 8.68. The quantitative estimate of drug-likeness (QED) is 0.634. The Balaban J connectivity index is 1.66. The predicted octanol–water partition coefficient (Wildman–Crippen LogP) is 3.36. The Kier molecular flexibility index (Phi) is 6.08. The van der Waals surface area contributed by atoms with E-state index in [0.717, 1.165) is 15.5 Å². The largest absolute Gasteiger partial charge is 0.362 e. The number of aryl methyl sites for hydroxylation is 1. The summed E-state index contributed by atoms with van der Waals surface area (Å²) in [5.41, 5.74) is 0.811. The number of thioether (sulfide) groups is 1. The molecule has 1 heterocycles. The minimum Gasteiger partial charge on any atom is -0.324 e. The number of para-hydroxylation sites is 1. The van der Waals surface area contributed by atoms with Crippen molar-refractivity contribution in [3.63, 3.8) is 0 Å². The third-order valence-electron chi connectivity index (χ3n) is 3.30. The van der Waals surface area contributed by atoms with Crippen LogP contribution in [0, 0.1) is 6.92 Å². The smallest absolute Gasteiger partial charge is 0.324 e. The molecule has 2 N–H and O–H groups in total. The highest BCUT2D eigenvalue weighted by Gasteiger charge is 2.11. The van der Waals surface area contributed by atoms with Gasteiger partial charge in [0, 0.05) is 9.79 Å². The highest BCUT2D eigenvalue weighted by molar-refractivity contribution is 8.00. The second-order valence-electron chi connectivity index (χ2n) is 5.28. The Labute approximate surface area is 158 Å². The molecule has 0 saturated heterocycles. The number of H-pyrrole nitrogens is 1. The van der Waals surface area contributed by atoms with E-state index < -0.39 is 5.69 Å². The molecule has 0 aliphatic rings. The van der Waals surface area contributed by atoms with E-state index in [1.165, 1.54) is 11.8 Å². The Morgan fingerprint density at radius 3 is 2.65 bits per heavy atom. The van der Waals surface area contributed by atoms with Crippen LogP contribution in [0.25, 0.3) is 0 Å². The molecule has 1 amide bonds. The molecule has 1 aromatic heterocycles. The summed E-state index contributed by atoms with van der Waals surface area (Å²) in [7, 11) is 0. The fraction of sp³-hybridized carbons (Fsp3) is 0.111. The number of hydrogen-bond acceptors (Lipinski definition) is 6.